The monoisotopic (exact) mass is 448 g/mol. The summed E-state index contributed by atoms with van der Waals surface area (Å²) >= 11 is 6.10. The quantitative estimate of drug-likeness (QED) is 0.704. The molecule has 0 heterocycles. The smallest absolute Gasteiger partial charge is 0.244 e. The fraction of sp³-hybridized carbons (Fsp3) is 0.435. The molecule has 30 heavy (non-hydrogen) atoms. The molecule has 2 aromatic rings. The summed E-state index contributed by atoms with van der Waals surface area (Å²) in [5.74, 6) is -0.356. The number of amides is 1. The molecule has 0 aromatic heterocycles. The third-order valence-corrected chi connectivity index (χ3v) is 7.19. The van der Waals surface area contributed by atoms with Crippen molar-refractivity contribution < 1.29 is 13.2 Å². The molecule has 1 aliphatic rings. The molecule has 1 aliphatic carbocycles. The highest BCUT2D eigenvalue weighted by Gasteiger charge is 2.31. The lowest BCUT2D eigenvalue weighted by Gasteiger charge is -2.30. The molecule has 1 N–H and O–H groups in total. The summed E-state index contributed by atoms with van der Waals surface area (Å²) in [6.45, 7) is 5.31. The summed E-state index contributed by atoms with van der Waals surface area (Å²) in [6, 6.07) is 10.2. The van der Waals surface area contributed by atoms with Crippen molar-refractivity contribution in [2.45, 2.75) is 58.5 Å². The summed E-state index contributed by atoms with van der Waals surface area (Å²) in [6.07, 6.45) is 5.69. The zero-order chi connectivity index (χ0) is 22.1. The maximum Gasteiger partial charge on any atom is 0.244 e. The van der Waals surface area contributed by atoms with Crippen molar-refractivity contribution in [3.8, 4) is 0 Å². The van der Waals surface area contributed by atoms with Gasteiger partial charge < -0.3 is 5.32 Å². The Hall–Kier alpha value is -2.05. The molecule has 0 saturated carbocycles. The summed E-state index contributed by atoms with van der Waals surface area (Å²) in [7, 11) is -3.70. The van der Waals surface area contributed by atoms with Gasteiger partial charge in [-0.25, -0.2) is 8.42 Å². The van der Waals surface area contributed by atoms with Crippen LogP contribution < -0.4 is 9.62 Å². The van der Waals surface area contributed by atoms with Crippen LogP contribution in [-0.4, -0.2) is 26.6 Å². The zero-order valence-electron chi connectivity index (χ0n) is 17.9. The second-order valence-corrected chi connectivity index (χ2v) is 10.4. The molecule has 0 radical (unpaired) electrons. The molecule has 0 aliphatic heterocycles. The summed E-state index contributed by atoms with van der Waals surface area (Å²) in [4.78, 5) is 13.0. The van der Waals surface area contributed by atoms with Gasteiger partial charge in [0.05, 0.1) is 18.0 Å². The molecule has 1 amide bonds. The highest BCUT2D eigenvalue weighted by atomic mass is 35.5. The van der Waals surface area contributed by atoms with Gasteiger partial charge in [-0.05, 0) is 80.8 Å². The number of benzene rings is 2. The van der Waals surface area contributed by atoms with Gasteiger partial charge in [0.25, 0.3) is 0 Å². The number of halogens is 1. The second-order valence-electron chi connectivity index (χ2n) is 8.13. The van der Waals surface area contributed by atoms with Gasteiger partial charge in [0.15, 0.2) is 0 Å². The number of hydrogen-bond donors (Lipinski definition) is 1. The minimum Gasteiger partial charge on any atom is -0.348 e. The minimum atomic E-state index is -3.70. The molecule has 162 valence electrons. The molecule has 0 unspecified atom stereocenters. The normalized spacial score (nSPS) is 15.8. The Kier molecular flexibility index (Phi) is 6.78. The number of sulfonamides is 1. The fourth-order valence-corrected chi connectivity index (χ4v) is 5.43. The Balaban J connectivity index is 1.83. The molecule has 3 rings (SSSR count). The lowest BCUT2D eigenvalue weighted by atomic mass is 9.89. The van der Waals surface area contributed by atoms with Crippen LogP contribution in [0, 0.1) is 6.92 Å². The van der Waals surface area contributed by atoms with E-state index in [-0.39, 0.29) is 11.9 Å². The van der Waals surface area contributed by atoms with Gasteiger partial charge in [0.2, 0.25) is 15.9 Å². The Bertz CT molecular complexity index is 1050. The number of fused-ring (bicyclic) bond motifs is 1. The lowest BCUT2D eigenvalue weighted by molar-refractivity contribution is -0.122. The van der Waals surface area contributed by atoms with Gasteiger partial charge in [-0.3, -0.25) is 9.10 Å². The van der Waals surface area contributed by atoms with Gasteiger partial charge in [0, 0.05) is 5.02 Å². The fourth-order valence-electron chi connectivity index (χ4n) is 4.04. The van der Waals surface area contributed by atoms with Crippen LogP contribution in [0.15, 0.2) is 36.4 Å². The minimum absolute atomic E-state index is 0.228. The number of rotatable bonds is 6. The van der Waals surface area contributed by atoms with Gasteiger partial charge in [-0.2, -0.15) is 0 Å². The first-order chi connectivity index (χ1) is 14.1. The summed E-state index contributed by atoms with van der Waals surface area (Å²) in [5.41, 5.74) is 4.90. The van der Waals surface area contributed by atoms with Gasteiger partial charge in [-0.15, -0.1) is 0 Å². The van der Waals surface area contributed by atoms with Gasteiger partial charge in [-0.1, -0.05) is 35.9 Å². The van der Waals surface area contributed by atoms with E-state index in [4.69, 9.17) is 11.6 Å². The van der Waals surface area contributed by atoms with E-state index in [1.807, 2.05) is 6.92 Å². The molecule has 0 bridgehead atoms. The van der Waals surface area contributed by atoms with Crippen molar-refractivity contribution in [2.24, 2.45) is 0 Å². The van der Waals surface area contributed by atoms with E-state index < -0.39 is 16.1 Å². The summed E-state index contributed by atoms with van der Waals surface area (Å²) < 4.78 is 26.3. The highest BCUT2D eigenvalue weighted by molar-refractivity contribution is 7.92. The van der Waals surface area contributed by atoms with Gasteiger partial charge >= 0.3 is 0 Å². The standard InChI is InChI=1S/C23H29ClN2O3S/c1-15-9-12-21(24)14-22(15)26(30(4,28)29)17(3)23(27)25-16(2)19-11-10-18-7-5-6-8-20(18)13-19/h9-14,16-17H,5-8H2,1-4H3,(H,25,27)/t16-,17+/m1/s1. The van der Waals surface area contributed by atoms with E-state index >= 15 is 0 Å². The predicted octanol–water partition coefficient (Wildman–Crippen LogP) is 4.56. The van der Waals surface area contributed by atoms with Crippen LogP contribution in [0.3, 0.4) is 0 Å². The number of nitrogens with zero attached hydrogens (tertiary/aromatic N) is 1. The topological polar surface area (TPSA) is 66.5 Å². The number of nitrogens with one attached hydrogen (secondary N) is 1. The first-order valence-corrected chi connectivity index (χ1v) is 12.5. The Morgan fingerprint density at radius 2 is 1.73 bits per heavy atom. The zero-order valence-corrected chi connectivity index (χ0v) is 19.5. The Morgan fingerprint density at radius 3 is 2.40 bits per heavy atom. The van der Waals surface area contributed by atoms with Crippen molar-refractivity contribution in [2.75, 3.05) is 10.6 Å². The molecule has 5 nitrogen and oxygen atoms in total. The van der Waals surface area contributed by atoms with Crippen LogP contribution in [0.5, 0.6) is 0 Å². The number of anilines is 1. The average molecular weight is 449 g/mol. The number of hydrogen-bond acceptors (Lipinski definition) is 3. The number of carbonyl (C=O) groups excluding carboxylic acids is 1. The van der Waals surface area contributed by atoms with Crippen LogP contribution in [0.2, 0.25) is 5.02 Å². The summed E-state index contributed by atoms with van der Waals surface area (Å²) in [5, 5.41) is 3.40. The molecule has 0 spiro atoms. The number of carbonyl (C=O) groups is 1. The number of aryl methyl sites for hydroxylation is 3. The third kappa shape index (κ3) is 4.98. The third-order valence-electron chi connectivity index (χ3n) is 5.73. The molecular formula is C23H29ClN2O3S. The Morgan fingerprint density at radius 1 is 1.07 bits per heavy atom. The van der Waals surface area contributed by atoms with Crippen molar-refractivity contribution >= 4 is 33.2 Å². The van der Waals surface area contributed by atoms with E-state index in [9.17, 15) is 13.2 Å². The largest absolute Gasteiger partial charge is 0.348 e. The van der Waals surface area contributed by atoms with Gasteiger partial charge in [0.1, 0.15) is 6.04 Å². The molecular weight excluding hydrogens is 420 g/mol. The maximum atomic E-state index is 13.0. The molecule has 0 saturated heterocycles. The van der Waals surface area contributed by atoms with Crippen LogP contribution in [0.25, 0.3) is 0 Å². The van der Waals surface area contributed by atoms with Crippen LogP contribution in [0.1, 0.15) is 55.0 Å². The average Bonchev–Trinajstić information content (AvgIpc) is 2.69. The first kappa shape index (κ1) is 22.6. The van der Waals surface area contributed by atoms with E-state index in [1.165, 1.54) is 24.0 Å². The molecule has 0 fully saturated rings. The maximum absolute atomic E-state index is 13.0. The van der Waals surface area contributed by atoms with Crippen LogP contribution >= 0.6 is 11.6 Å². The van der Waals surface area contributed by atoms with E-state index in [1.54, 1.807) is 32.0 Å². The molecule has 2 atom stereocenters. The van der Waals surface area contributed by atoms with Crippen LogP contribution in [-0.2, 0) is 27.7 Å². The highest BCUT2D eigenvalue weighted by Crippen LogP contribution is 2.29. The van der Waals surface area contributed by atoms with Crippen molar-refractivity contribution in [3.63, 3.8) is 0 Å². The van der Waals surface area contributed by atoms with Crippen molar-refractivity contribution in [3.05, 3.63) is 63.7 Å². The van der Waals surface area contributed by atoms with Crippen molar-refractivity contribution in [1.29, 1.82) is 0 Å². The SMILES string of the molecule is Cc1ccc(Cl)cc1N([C@@H](C)C(=O)N[C@H](C)c1ccc2c(c1)CCCC2)S(C)(=O)=O. The van der Waals surface area contributed by atoms with E-state index in [0.29, 0.717) is 10.7 Å². The first-order valence-electron chi connectivity index (χ1n) is 10.3. The van der Waals surface area contributed by atoms with Crippen molar-refractivity contribution in [1.82, 2.24) is 5.32 Å². The molecule has 2 aromatic carbocycles. The second kappa shape index (κ2) is 8.98. The predicted molar refractivity (Wildman–Crippen MR) is 123 cm³/mol. The van der Waals surface area contributed by atoms with E-state index in [2.05, 4.69) is 23.5 Å². The lowest BCUT2D eigenvalue weighted by Crippen LogP contribution is -2.48. The van der Waals surface area contributed by atoms with E-state index in [0.717, 1.165) is 34.5 Å². The molecule has 7 heteroatoms. The Labute approximate surface area is 184 Å². The van der Waals surface area contributed by atoms with Crippen LogP contribution in [0.4, 0.5) is 5.69 Å².